The standard InChI is InChI=1S/C25H28Cl2N2O/c1-4-21(5-2)29-23(17-9-11-19(26)12-10-17)22(18-7-6-8-20(27)15-18)16-25(3,13-14-28)24(29)30/h6-12,15,21-23H,4-5,13,16H2,1-3H3/t22-,23-,25-/m1/s1. The summed E-state index contributed by atoms with van der Waals surface area (Å²) in [6, 6.07) is 17.9. The number of nitrogens with zero attached hydrogens (tertiary/aromatic N) is 2. The highest BCUT2D eigenvalue weighted by molar-refractivity contribution is 6.30. The number of nitriles is 1. The second kappa shape index (κ2) is 9.41. The van der Waals surface area contributed by atoms with E-state index in [0.29, 0.717) is 16.5 Å². The second-order valence-electron chi connectivity index (χ2n) is 8.44. The minimum Gasteiger partial charge on any atom is -0.332 e. The molecule has 0 spiro atoms. The molecule has 3 nitrogen and oxygen atoms in total. The highest BCUT2D eigenvalue weighted by atomic mass is 35.5. The van der Waals surface area contributed by atoms with Gasteiger partial charge in [-0.3, -0.25) is 4.79 Å². The first-order valence-corrected chi connectivity index (χ1v) is 11.3. The van der Waals surface area contributed by atoms with Crippen molar-refractivity contribution in [2.24, 2.45) is 5.41 Å². The van der Waals surface area contributed by atoms with Crippen LogP contribution in [-0.2, 0) is 4.79 Å². The van der Waals surface area contributed by atoms with E-state index in [0.717, 1.165) is 24.0 Å². The van der Waals surface area contributed by atoms with Crippen LogP contribution in [0.1, 0.15) is 69.5 Å². The van der Waals surface area contributed by atoms with Crippen molar-refractivity contribution < 1.29 is 4.79 Å². The number of hydrogen-bond donors (Lipinski definition) is 0. The Kier molecular flexibility index (Phi) is 7.11. The average molecular weight is 443 g/mol. The monoisotopic (exact) mass is 442 g/mol. The molecule has 1 saturated heterocycles. The molecule has 1 aliphatic rings. The SMILES string of the molecule is CCC(CC)N1C(=O)[C@](C)(CC#N)C[C@H](c2cccc(Cl)c2)[C@H]1c1ccc(Cl)cc1. The van der Waals surface area contributed by atoms with E-state index in [-0.39, 0.29) is 30.3 Å². The van der Waals surface area contributed by atoms with Crippen LogP contribution in [0.4, 0.5) is 0 Å². The van der Waals surface area contributed by atoms with Gasteiger partial charge < -0.3 is 4.90 Å². The number of amides is 1. The molecular formula is C25H28Cl2N2O. The molecule has 0 aromatic heterocycles. The van der Waals surface area contributed by atoms with E-state index in [1.54, 1.807) is 0 Å². The molecule has 1 amide bonds. The summed E-state index contributed by atoms with van der Waals surface area (Å²) in [7, 11) is 0. The third-order valence-electron chi connectivity index (χ3n) is 6.40. The van der Waals surface area contributed by atoms with Crippen molar-refractivity contribution in [3.8, 4) is 6.07 Å². The first-order chi connectivity index (χ1) is 14.3. The van der Waals surface area contributed by atoms with Gasteiger partial charge >= 0.3 is 0 Å². The first kappa shape index (κ1) is 22.7. The van der Waals surface area contributed by atoms with Gasteiger partial charge in [0.2, 0.25) is 5.91 Å². The van der Waals surface area contributed by atoms with E-state index < -0.39 is 5.41 Å². The molecular weight excluding hydrogens is 415 g/mol. The summed E-state index contributed by atoms with van der Waals surface area (Å²) in [5.41, 5.74) is 1.42. The fraction of sp³-hybridized carbons (Fsp3) is 0.440. The Hall–Kier alpha value is -2.02. The Balaban J connectivity index is 2.22. The molecule has 2 aromatic rings. The van der Waals surface area contributed by atoms with Gasteiger partial charge in [-0.2, -0.15) is 5.26 Å². The summed E-state index contributed by atoms with van der Waals surface area (Å²) in [5, 5.41) is 10.8. The zero-order chi connectivity index (χ0) is 21.9. The van der Waals surface area contributed by atoms with Crippen LogP contribution in [0.5, 0.6) is 0 Å². The maximum atomic E-state index is 13.8. The van der Waals surface area contributed by atoms with Crippen molar-refractivity contribution in [3.63, 3.8) is 0 Å². The number of carbonyl (C=O) groups excluding carboxylic acids is 1. The van der Waals surface area contributed by atoms with Crippen molar-refractivity contribution in [2.45, 2.75) is 64.5 Å². The third kappa shape index (κ3) is 4.36. The minimum absolute atomic E-state index is 0.0292. The van der Waals surface area contributed by atoms with Gasteiger partial charge in [0.15, 0.2) is 0 Å². The lowest BCUT2D eigenvalue weighted by atomic mass is 9.67. The van der Waals surface area contributed by atoms with Gasteiger partial charge in [-0.1, -0.05) is 61.3 Å². The number of halogens is 2. The summed E-state index contributed by atoms with van der Waals surface area (Å²) in [6.45, 7) is 6.17. The molecule has 0 unspecified atom stereocenters. The number of rotatable bonds is 6. The van der Waals surface area contributed by atoms with Crippen molar-refractivity contribution in [1.29, 1.82) is 5.26 Å². The first-order valence-electron chi connectivity index (χ1n) is 10.5. The molecule has 158 valence electrons. The fourth-order valence-electron chi connectivity index (χ4n) is 4.80. The van der Waals surface area contributed by atoms with Gasteiger partial charge in [0, 0.05) is 28.4 Å². The van der Waals surface area contributed by atoms with Crippen LogP contribution in [0.3, 0.4) is 0 Å². The minimum atomic E-state index is -0.729. The Labute approximate surface area is 189 Å². The summed E-state index contributed by atoms with van der Waals surface area (Å²) in [6.07, 6.45) is 2.52. The van der Waals surface area contributed by atoms with Crippen LogP contribution < -0.4 is 0 Å². The van der Waals surface area contributed by atoms with Gasteiger partial charge in [-0.25, -0.2) is 0 Å². The topological polar surface area (TPSA) is 44.1 Å². The van der Waals surface area contributed by atoms with Crippen LogP contribution in [0.2, 0.25) is 10.0 Å². The molecule has 3 atom stereocenters. The lowest BCUT2D eigenvalue weighted by Crippen LogP contribution is -2.55. The lowest BCUT2D eigenvalue weighted by molar-refractivity contribution is -0.154. The highest BCUT2D eigenvalue weighted by Crippen LogP contribution is 2.52. The predicted molar refractivity (Wildman–Crippen MR) is 123 cm³/mol. The van der Waals surface area contributed by atoms with Crippen molar-refractivity contribution >= 4 is 29.1 Å². The number of piperidine rings is 1. The summed E-state index contributed by atoms with van der Waals surface area (Å²) in [4.78, 5) is 15.9. The van der Waals surface area contributed by atoms with Gasteiger partial charge in [0.05, 0.1) is 17.5 Å². The highest BCUT2D eigenvalue weighted by Gasteiger charge is 2.51. The van der Waals surface area contributed by atoms with Crippen molar-refractivity contribution in [2.75, 3.05) is 0 Å². The molecule has 2 aromatic carbocycles. The largest absolute Gasteiger partial charge is 0.332 e. The van der Waals surface area contributed by atoms with E-state index in [1.165, 1.54) is 0 Å². The average Bonchev–Trinajstić information content (AvgIpc) is 2.73. The Morgan fingerprint density at radius 3 is 2.33 bits per heavy atom. The van der Waals surface area contributed by atoms with E-state index in [9.17, 15) is 10.1 Å². The molecule has 30 heavy (non-hydrogen) atoms. The van der Waals surface area contributed by atoms with Crippen LogP contribution in [0.15, 0.2) is 48.5 Å². The van der Waals surface area contributed by atoms with Crippen LogP contribution in [-0.4, -0.2) is 16.8 Å². The Bertz CT molecular complexity index is 933. The normalized spacial score (nSPS) is 24.2. The smallest absolute Gasteiger partial charge is 0.230 e. The van der Waals surface area contributed by atoms with Crippen molar-refractivity contribution in [3.05, 3.63) is 69.7 Å². The van der Waals surface area contributed by atoms with Crippen LogP contribution in [0.25, 0.3) is 0 Å². The molecule has 5 heteroatoms. The van der Waals surface area contributed by atoms with Crippen molar-refractivity contribution in [1.82, 2.24) is 4.90 Å². The fourth-order valence-corrected chi connectivity index (χ4v) is 5.13. The maximum absolute atomic E-state index is 13.8. The molecule has 1 fully saturated rings. The summed E-state index contributed by atoms with van der Waals surface area (Å²) < 4.78 is 0. The third-order valence-corrected chi connectivity index (χ3v) is 6.88. The number of hydrogen-bond acceptors (Lipinski definition) is 2. The zero-order valence-electron chi connectivity index (χ0n) is 17.7. The lowest BCUT2D eigenvalue weighted by Gasteiger charge is -2.51. The van der Waals surface area contributed by atoms with E-state index in [2.05, 4.69) is 30.9 Å². The number of likely N-dealkylation sites (tertiary alicyclic amines) is 1. The molecule has 0 aliphatic carbocycles. The predicted octanol–water partition coefficient (Wildman–Crippen LogP) is 7.16. The molecule has 1 aliphatic heterocycles. The molecule has 0 saturated carbocycles. The quantitative estimate of drug-likeness (QED) is 0.476. The Morgan fingerprint density at radius 2 is 1.77 bits per heavy atom. The second-order valence-corrected chi connectivity index (χ2v) is 9.31. The summed E-state index contributed by atoms with van der Waals surface area (Å²) in [5.74, 6) is 0.0949. The van der Waals surface area contributed by atoms with Crippen LogP contribution >= 0.6 is 23.2 Å². The zero-order valence-corrected chi connectivity index (χ0v) is 19.2. The molecule has 3 rings (SSSR count). The molecule has 1 heterocycles. The number of benzene rings is 2. The maximum Gasteiger partial charge on any atom is 0.230 e. The number of carbonyl (C=O) groups is 1. The van der Waals surface area contributed by atoms with E-state index >= 15 is 0 Å². The van der Waals surface area contributed by atoms with Gasteiger partial charge in [0.1, 0.15) is 0 Å². The van der Waals surface area contributed by atoms with Crippen LogP contribution in [0, 0.1) is 16.7 Å². The summed E-state index contributed by atoms with van der Waals surface area (Å²) >= 11 is 12.5. The van der Waals surface area contributed by atoms with Gasteiger partial charge in [-0.15, -0.1) is 0 Å². The Morgan fingerprint density at radius 1 is 1.10 bits per heavy atom. The molecule has 0 bridgehead atoms. The molecule has 0 N–H and O–H groups in total. The molecule has 0 radical (unpaired) electrons. The van der Waals surface area contributed by atoms with E-state index in [4.69, 9.17) is 23.2 Å². The van der Waals surface area contributed by atoms with Gasteiger partial charge in [-0.05, 0) is 61.6 Å². The van der Waals surface area contributed by atoms with Gasteiger partial charge in [0.25, 0.3) is 0 Å². The van der Waals surface area contributed by atoms with E-state index in [1.807, 2.05) is 49.4 Å².